The number of hydrogen-bond acceptors (Lipinski definition) is 5. The number of carbonyl (C=O) groups is 1. The number of thioether (sulfide) groups is 1. The number of fused-ring (bicyclic) bond motifs is 1. The van der Waals surface area contributed by atoms with Crippen LogP contribution in [0.1, 0.15) is 36.1 Å². The summed E-state index contributed by atoms with van der Waals surface area (Å²) in [5, 5.41) is 4.23. The Hall–Kier alpha value is -1.83. The highest BCUT2D eigenvalue weighted by molar-refractivity contribution is 8.00. The Labute approximate surface area is 187 Å². The first-order valence-electron chi connectivity index (χ1n) is 10.3. The molecule has 0 unspecified atom stereocenters. The Morgan fingerprint density at radius 3 is 2.83 bits per heavy atom. The summed E-state index contributed by atoms with van der Waals surface area (Å²) < 4.78 is 1.84. The predicted octanol–water partition coefficient (Wildman–Crippen LogP) is 3.77. The van der Waals surface area contributed by atoms with Gasteiger partial charge in [0.15, 0.2) is 0 Å². The molecule has 3 rings (SSSR count). The van der Waals surface area contributed by atoms with Gasteiger partial charge in [-0.3, -0.25) is 9.36 Å². The van der Waals surface area contributed by atoms with Gasteiger partial charge in [0.2, 0.25) is 5.91 Å². The summed E-state index contributed by atoms with van der Waals surface area (Å²) in [6.07, 6.45) is 4.90. The van der Waals surface area contributed by atoms with Crippen molar-refractivity contribution in [3.05, 3.63) is 50.5 Å². The molecule has 0 atom stereocenters. The van der Waals surface area contributed by atoms with Crippen molar-refractivity contribution in [1.29, 1.82) is 0 Å². The number of aromatic nitrogens is 2. The van der Waals surface area contributed by atoms with Gasteiger partial charge in [-0.25, -0.2) is 4.79 Å². The first-order chi connectivity index (χ1) is 14.4. The second-order valence-corrected chi connectivity index (χ2v) is 9.26. The van der Waals surface area contributed by atoms with Gasteiger partial charge in [-0.05, 0) is 77.4 Å². The summed E-state index contributed by atoms with van der Waals surface area (Å²) >= 11 is 7.48. The molecule has 0 bridgehead atoms. The molecule has 0 radical (unpaired) electrons. The molecule has 1 aromatic heterocycles. The van der Waals surface area contributed by atoms with Crippen molar-refractivity contribution >= 4 is 35.0 Å². The number of anilines is 1. The molecule has 162 valence electrons. The van der Waals surface area contributed by atoms with Crippen LogP contribution in [0, 0.1) is 6.92 Å². The fourth-order valence-electron chi connectivity index (χ4n) is 3.71. The summed E-state index contributed by atoms with van der Waals surface area (Å²) in [7, 11) is 4.07. The van der Waals surface area contributed by atoms with Crippen LogP contribution in [0.3, 0.4) is 0 Å². The van der Waals surface area contributed by atoms with Gasteiger partial charge in [0.05, 0.1) is 5.75 Å². The summed E-state index contributed by atoms with van der Waals surface area (Å²) in [4.78, 5) is 31.7. The standard InChI is InChI=1S/C22H29ClN4O2S/c1-15-17(23)9-6-10-18(15)24-20(28)14-30-21-16-8-4-5-11-19(16)27(22(29)25-21)13-7-12-26(2)3/h6,9-10H,4-5,7-8,11-14H2,1-3H3,(H,24,28). The number of benzene rings is 1. The van der Waals surface area contributed by atoms with Gasteiger partial charge in [-0.2, -0.15) is 4.98 Å². The fourth-order valence-corrected chi connectivity index (χ4v) is 4.76. The number of hydrogen-bond donors (Lipinski definition) is 1. The first kappa shape index (κ1) is 22.8. The van der Waals surface area contributed by atoms with E-state index in [1.165, 1.54) is 11.8 Å². The molecule has 1 N–H and O–H groups in total. The van der Waals surface area contributed by atoms with Crippen LogP contribution >= 0.6 is 23.4 Å². The average molecular weight is 449 g/mol. The van der Waals surface area contributed by atoms with E-state index in [4.69, 9.17) is 11.6 Å². The molecule has 0 aliphatic heterocycles. The maximum absolute atomic E-state index is 12.7. The summed E-state index contributed by atoms with van der Waals surface area (Å²) in [6, 6.07) is 5.44. The van der Waals surface area contributed by atoms with Crippen molar-refractivity contribution in [2.75, 3.05) is 31.7 Å². The Balaban J connectivity index is 1.73. The smallest absolute Gasteiger partial charge is 0.325 e. The molecule has 0 fully saturated rings. The van der Waals surface area contributed by atoms with Gasteiger partial charge in [0.25, 0.3) is 0 Å². The normalized spacial score (nSPS) is 13.4. The number of nitrogens with one attached hydrogen (secondary N) is 1. The van der Waals surface area contributed by atoms with Crippen LogP contribution in [0.4, 0.5) is 5.69 Å². The monoisotopic (exact) mass is 448 g/mol. The average Bonchev–Trinajstić information content (AvgIpc) is 2.71. The zero-order valence-electron chi connectivity index (χ0n) is 17.8. The maximum atomic E-state index is 12.7. The lowest BCUT2D eigenvalue weighted by Crippen LogP contribution is -2.31. The van der Waals surface area contributed by atoms with Crippen molar-refractivity contribution in [3.8, 4) is 0 Å². The Morgan fingerprint density at radius 2 is 2.07 bits per heavy atom. The third-order valence-electron chi connectivity index (χ3n) is 5.32. The first-order valence-corrected chi connectivity index (χ1v) is 11.7. The maximum Gasteiger partial charge on any atom is 0.348 e. The van der Waals surface area contributed by atoms with E-state index in [1.807, 2.05) is 37.7 Å². The highest BCUT2D eigenvalue weighted by atomic mass is 35.5. The van der Waals surface area contributed by atoms with Crippen LogP contribution in [-0.4, -0.2) is 46.8 Å². The van der Waals surface area contributed by atoms with Crippen molar-refractivity contribution in [1.82, 2.24) is 14.5 Å². The lowest BCUT2D eigenvalue weighted by Gasteiger charge is -2.23. The van der Waals surface area contributed by atoms with Crippen LogP contribution < -0.4 is 11.0 Å². The quantitative estimate of drug-likeness (QED) is 0.492. The number of rotatable bonds is 8. The van der Waals surface area contributed by atoms with Gasteiger partial charge in [-0.15, -0.1) is 0 Å². The number of halogens is 1. The number of nitrogens with zero attached hydrogens (tertiary/aromatic N) is 3. The minimum absolute atomic E-state index is 0.133. The fraction of sp³-hybridized carbons (Fsp3) is 0.500. The Kier molecular flexibility index (Phi) is 7.97. The minimum atomic E-state index is -0.206. The third-order valence-corrected chi connectivity index (χ3v) is 6.75. The molecular formula is C22H29ClN4O2S. The van der Waals surface area contributed by atoms with Crippen LogP contribution in [0.15, 0.2) is 28.0 Å². The molecule has 1 aliphatic carbocycles. The van der Waals surface area contributed by atoms with Gasteiger partial charge < -0.3 is 10.2 Å². The molecule has 6 nitrogen and oxygen atoms in total. The molecule has 8 heteroatoms. The van der Waals surface area contributed by atoms with E-state index in [-0.39, 0.29) is 17.3 Å². The largest absolute Gasteiger partial charge is 0.348 e. The second-order valence-electron chi connectivity index (χ2n) is 7.89. The minimum Gasteiger partial charge on any atom is -0.325 e. The molecule has 1 aromatic carbocycles. The third kappa shape index (κ3) is 5.65. The molecular weight excluding hydrogens is 420 g/mol. The molecule has 0 saturated carbocycles. The van der Waals surface area contributed by atoms with E-state index < -0.39 is 0 Å². The van der Waals surface area contributed by atoms with E-state index in [1.54, 1.807) is 6.07 Å². The Bertz CT molecular complexity index is 974. The molecule has 1 amide bonds. The van der Waals surface area contributed by atoms with Crippen LogP contribution in [0.2, 0.25) is 5.02 Å². The summed E-state index contributed by atoms with van der Waals surface area (Å²) in [5.41, 5.74) is 3.59. The van der Waals surface area contributed by atoms with Gasteiger partial charge >= 0.3 is 5.69 Å². The van der Waals surface area contributed by atoms with Crippen LogP contribution in [-0.2, 0) is 24.2 Å². The second kappa shape index (κ2) is 10.5. The van der Waals surface area contributed by atoms with E-state index in [2.05, 4.69) is 15.2 Å². The van der Waals surface area contributed by atoms with Crippen molar-refractivity contribution < 1.29 is 4.79 Å². The van der Waals surface area contributed by atoms with E-state index in [0.717, 1.165) is 55.5 Å². The topological polar surface area (TPSA) is 67.2 Å². The van der Waals surface area contributed by atoms with E-state index >= 15 is 0 Å². The molecule has 2 aromatic rings. The SMILES string of the molecule is Cc1c(Cl)cccc1NC(=O)CSc1nc(=O)n(CCCN(C)C)c2c1CCCC2. The molecule has 1 heterocycles. The number of carbonyl (C=O) groups excluding carboxylic acids is 1. The molecule has 0 spiro atoms. The van der Waals surface area contributed by atoms with Crippen molar-refractivity contribution in [2.24, 2.45) is 0 Å². The van der Waals surface area contributed by atoms with Crippen LogP contribution in [0.25, 0.3) is 0 Å². The highest BCUT2D eigenvalue weighted by Crippen LogP contribution is 2.29. The predicted molar refractivity (Wildman–Crippen MR) is 124 cm³/mol. The molecule has 30 heavy (non-hydrogen) atoms. The number of amides is 1. The zero-order valence-corrected chi connectivity index (χ0v) is 19.4. The van der Waals surface area contributed by atoms with E-state index in [0.29, 0.717) is 22.3 Å². The van der Waals surface area contributed by atoms with Gasteiger partial charge in [0.1, 0.15) is 5.03 Å². The van der Waals surface area contributed by atoms with Gasteiger partial charge in [0, 0.05) is 28.5 Å². The molecule has 0 saturated heterocycles. The Morgan fingerprint density at radius 1 is 1.30 bits per heavy atom. The lowest BCUT2D eigenvalue weighted by atomic mass is 9.97. The molecule has 1 aliphatic rings. The highest BCUT2D eigenvalue weighted by Gasteiger charge is 2.21. The lowest BCUT2D eigenvalue weighted by molar-refractivity contribution is -0.113. The van der Waals surface area contributed by atoms with Crippen molar-refractivity contribution in [3.63, 3.8) is 0 Å². The van der Waals surface area contributed by atoms with Crippen molar-refractivity contribution in [2.45, 2.75) is 50.6 Å². The van der Waals surface area contributed by atoms with Gasteiger partial charge in [-0.1, -0.05) is 29.4 Å². The van der Waals surface area contributed by atoms with Crippen LogP contribution in [0.5, 0.6) is 0 Å². The summed E-state index contributed by atoms with van der Waals surface area (Å²) in [5.74, 6) is 0.0713. The zero-order chi connectivity index (χ0) is 21.7. The summed E-state index contributed by atoms with van der Waals surface area (Å²) in [6.45, 7) is 3.49. The van der Waals surface area contributed by atoms with E-state index in [9.17, 15) is 9.59 Å².